The smallest absolute Gasteiger partial charge is 0.269 e. The van der Waals surface area contributed by atoms with Crippen LogP contribution in [0.15, 0.2) is 72.8 Å². The van der Waals surface area contributed by atoms with Gasteiger partial charge in [0.15, 0.2) is 0 Å². The van der Waals surface area contributed by atoms with Crippen LogP contribution in [-0.4, -0.2) is 107 Å². The Labute approximate surface area is 382 Å². The van der Waals surface area contributed by atoms with E-state index in [1.165, 1.54) is 0 Å². The molecule has 3 N–H and O–H groups in total. The van der Waals surface area contributed by atoms with E-state index in [2.05, 4.69) is 44.7 Å². The van der Waals surface area contributed by atoms with Gasteiger partial charge >= 0.3 is 0 Å². The van der Waals surface area contributed by atoms with Crippen LogP contribution in [0.4, 0.5) is 23.3 Å². The molecule has 2 bridgehead atoms. The van der Waals surface area contributed by atoms with Gasteiger partial charge in [0.25, 0.3) is 11.8 Å². The molecule has 0 aliphatic carbocycles. The fraction of sp³-hybridized carbons (Fsp3) is 0.375. The minimum absolute atomic E-state index is 0.185. The predicted octanol–water partition coefficient (Wildman–Crippen LogP) is 7.67. The summed E-state index contributed by atoms with van der Waals surface area (Å²) in [5.41, 5.74) is 5.71. The number of nitrogens with zero attached hydrogens (tertiary/aromatic N) is 7. The number of nitrogens with one attached hydrogen (secondary N) is 3. The Balaban J connectivity index is 1.03. The van der Waals surface area contributed by atoms with Crippen molar-refractivity contribution < 1.29 is 19.1 Å². The molecule has 9 rings (SSSR count). The van der Waals surface area contributed by atoms with Gasteiger partial charge in [0.05, 0.1) is 32.5 Å². The zero-order chi connectivity index (χ0) is 44.8. The highest BCUT2D eigenvalue weighted by Gasteiger charge is 2.41. The Hall–Kier alpha value is -5.80. The van der Waals surface area contributed by atoms with E-state index in [1.54, 1.807) is 36.4 Å². The Morgan fingerprint density at radius 2 is 1.23 bits per heavy atom. The number of halogens is 2. The SMILES string of the molecule is Cc1ccc(OC(C(=O)Nc2ccc3nc(N4CCC(N(C)C)CC4)nc(C)c3c2)C(Oc2ccc(C)cc2Cl)C(=O)Nc2ccc3nc(N4CC5CC4CN5)nc(C)c3c2)c(Cl)c1. The van der Waals surface area contributed by atoms with Crippen LogP contribution in [0.5, 0.6) is 11.5 Å². The van der Waals surface area contributed by atoms with Crippen molar-refractivity contribution in [2.24, 2.45) is 0 Å². The van der Waals surface area contributed by atoms with Crippen LogP contribution in [0.3, 0.4) is 0 Å². The van der Waals surface area contributed by atoms with Gasteiger partial charge < -0.3 is 40.1 Å². The maximum atomic E-state index is 14.7. The lowest BCUT2D eigenvalue weighted by atomic mass is 10.0. The van der Waals surface area contributed by atoms with Crippen molar-refractivity contribution in [3.8, 4) is 11.5 Å². The number of aromatic nitrogens is 4. The van der Waals surface area contributed by atoms with Crippen LogP contribution >= 0.6 is 23.2 Å². The lowest BCUT2D eigenvalue weighted by Crippen LogP contribution is -2.51. The molecule has 4 aromatic carbocycles. The maximum absolute atomic E-state index is 14.7. The van der Waals surface area contributed by atoms with Gasteiger partial charge in [-0.05, 0) is 133 Å². The highest BCUT2D eigenvalue weighted by Crippen LogP contribution is 2.33. The van der Waals surface area contributed by atoms with Gasteiger partial charge in [-0.25, -0.2) is 19.9 Å². The molecule has 0 saturated carbocycles. The second-order valence-electron chi connectivity index (χ2n) is 17.4. The van der Waals surface area contributed by atoms with Crippen molar-refractivity contribution in [1.82, 2.24) is 30.2 Å². The van der Waals surface area contributed by atoms with Crippen LogP contribution in [0.2, 0.25) is 10.0 Å². The molecule has 5 heterocycles. The molecule has 14 nitrogen and oxygen atoms in total. The number of piperazine rings is 1. The van der Waals surface area contributed by atoms with Gasteiger partial charge in [-0.15, -0.1) is 0 Å². The standard InChI is InChI=1S/C48H52Cl2N10O4/c1-26-7-13-41(37(49)19-26)63-43(45(61)54-30-9-11-39-35(22-30)28(3)52-47(56-39)59-17-15-33(16-18-59)58(5)6)44(64-42-14-8-27(2)20-38(42)50)46(62)55-31-10-12-40-36(23-31)29(4)53-48(57-40)60-25-32-21-34(60)24-51-32/h7-14,19-20,22-23,32-34,43-44,51H,15-18,21,24-25H2,1-6H3,(H,54,61)(H,55,62). The number of rotatable bonds is 12. The summed E-state index contributed by atoms with van der Waals surface area (Å²) in [7, 11) is 4.24. The van der Waals surface area contributed by atoms with Gasteiger partial charge in [-0.3, -0.25) is 9.59 Å². The number of hydrogen-bond acceptors (Lipinski definition) is 12. The summed E-state index contributed by atoms with van der Waals surface area (Å²) in [6.07, 6.45) is -0.0301. The van der Waals surface area contributed by atoms with E-state index in [-0.39, 0.29) is 21.5 Å². The topological polar surface area (TPSA) is 150 Å². The molecular weight excluding hydrogens is 851 g/mol. The fourth-order valence-corrected chi connectivity index (χ4v) is 9.51. The second-order valence-corrected chi connectivity index (χ2v) is 18.2. The summed E-state index contributed by atoms with van der Waals surface area (Å²) < 4.78 is 12.9. The highest BCUT2D eigenvalue weighted by atomic mass is 35.5. The molecule has 64 heavy (non-hydrogen) atoms. The molecule has 3 fully saturated rings. The Morgan fingerprint density at radius 3 is 1.70 bits per heavy atom. The number of carbonyl (C=O) groups excluding carboxylic acids is 2. The first kappa shape index (κ1) is 43.5. The molecule has 0 radical (unpaired) electrons. The molecule has 4 unspecified atom stereocenters. The summed E-state index contributed by atoms with van der Waals surface area (Å²) >= 11 is 13.4. The van der Waals surface area contributed by atoms with E-state index in [4.69, 9.17) is 52.6 Å². The van der Waals surface area contributed by atoms with Crippen molar-refractivity contribution in [2.75, 3.05) is 60.7 Å². The third-order valence-corrected chi connectivity index (χ3v) is 13.1. The summed E-state index contributed by atoms with van der Waals surface area (Å²) in [4.78, 5) is 55.8. The monoisotopic (exact) mass is 902 g/mol. The third-order valence-electron chi connectivity index (χ3n) is 12.5. The summed E-state index contributed by atoms with van der Waals surface area (Å²) in [6.45, 7) is 11.2. The van der Waals surface area contributed by atoms with E-state index in [9.17, 15) is 9.59 Å². The minimum Gasteiger partial charge on any atom is -0.474 e. The quantitative estimate of drug-likeness (QED) is 0.111. The molecule has 0 spiro atoms. The van der Waals surface area contributed by atoms with Crippen molar-refractivity contribution in [3.63, 3.8) is 0 Å². The molecule has 3 aliphatic heterocycles. The highest BCUT2D eigenvalue weighted by molar-refractivity contribution is 6.32. The minimum atomic E-state index is -1.59. The van der Waals surface area contributed by atoms with Crippen molar-refractivity contribution in [3.05, 3.63) is 105 Å². The fourth-order valence-electron chi connectivity index (χ4n) is 8.95. The normalized spacial score (nSPS) is 18.5. The average Bonchev–Trinajstić information content (AvgIpc) is 3.91. The number of hydrogen-bond donors (Lipinski definition) is 3. The summed E-state index contributed by atoms with van der Waals surface area (Å²) in [6, 6.07) is 22.6. The Bertz CT molecular complexity index is 2760. The number of carbonyl (C=O) groups is 2. The molecule has 3 saturated heterocycles. The molecule has 4 atom stereocenters. The first-order valence-corrected chi connectivity index (χ1v) is 22.5. The van der Waals surface area contributed by atoms with E-state index in [1.807, 2.05) is 64.1 Å². The van der Waals surface area contributed by atoms with Crippen LogP contribution in [0.1, 0.15) is 41.8 Å². The van der Waals surface area contributed by atoms with Crippen LogP contribution < -0.4 is 35.2 Å². The van der Waals surface area contributed by atoms with Crippen molar-refractivity contribution in [1.29, 1.82) is 0 Å². The zero-order valence-corrected chi connectivity index (χ0v) is 38.3. The molecule has 2 aromatic heterocycles. The first-order chi connectivity index (χ1) is 30.8. The molecule has 2 amide bonds. The van der Waals surface area contributed by atoms with E-state index in [0.717, 1.165) is 89.8 Å². The lowest BCUT2D eigenvalue weighted by Gasteiger charge is -2.35. The molecule has 3 aliphatic rings. The van der Waals surface area contributed by atoms with Crippen LogP contribution in [0, 0.1) is 27.7 Å². The van der Waals surface area contributed by atoms with Gasteiger partial charge in [0, 0.05) is 66.5 Å². The van der Waals surface area contributed by atoms with Crippen molar-refractivity contribution >= 4 is 80.1 Å². The second kappa shape index (κ2) is 18.0. The Kier molecular flexibility index (Phi) is 12.2. The number of piperidine rings is 1. The van der Waals surface area contributed by atoms with Gasteiger partial charge in [-0.2, -0.15) is 0 Å². The van der Waals surface area contributed by atoms with E-state index >= 15 is 0 Å². The largest absolute Gasteiger partial charge is 0.474 e. The number of anilines is 4. The predicted molar refractivity (Wildman–Crippen MR) is 253 cm³/mol. The molecule has 332 valence electrons. The molecule has 6 aromatic rings. The number of fused-ring (bicyclic) bond motifs is 4. The van der Waals surface area contributed by atoms with E-state index in [0.29, 0.717) is 41.4 Å². The molecule has 16 heteroatoms. The number of ether oxygens (including phenoxy) is 2. The lowest BCUT2D eigenvalue weighted by molar-refractivity contribution is -0.136. The Morgan fingerprint density at radius 1 is 0.719 bits per heavy atom. The van der Waals surface area contributed by atoms with Gasteiger partial charge in [-0.1, -0.05) is 35.3 Å². The van der Waals surface area contributed by atoms with Crippen LogP contribution in [0.25, 0.3) is 21.8 Å². The zero-order valence-electron chi connectivity index (χ0n) is 36.8. The summed E-state index contributed by atoms with van der Waals surface area (Å²) in [5, 5.41) is 11.6. The maximum Gasteiger partial charge on any atom is 0.269 e. The number of aryl methyl sites for hydroxylation is 4. The van der Waals surface area contributed by atoms with Crippen molar-refractivity contribution in [2.45, 2.75) is 77.3 Å². The molecular formula is C48H52Cl2N10O4. The van der Waals surface area contributed by atoms with E-state index < -0.39 is 24.0 Å². The van der Waals surface area contributed by atoms with Gasteiger partial charge in [0.1, 0.15) is 11.5 Å². The van der Waals surface area contributed by atoms with Crippen LogP contribution in [-0.2, 0) is 9.59 Å². The number of amides is 2. The third kappa shape index (κ3) is 9.10. The summed E-state index contributed by atoms with van der Waals surface area (Å²) in [5.74, 6) is 0.429. The van der Waals surface area contributed by atoms with Gasteiger partial charge in [0.2, 0.25) is 24.1 Å². The first-order valence-electron chi connectivity index (χ1n) is 21.7. The average molecular weight is 904 g/mol. The number of benzene rings is 4.